The molecule has 4 nitrogen and oxygen atoms in total. The van der Waals surface area contributed by atoms with Crippen LogP contribution in [0.4, 0.5) is 4.79 Å². The van der Waals surface area contributed by atoms with Crippen LogP contribution >= 0.6 is 0 Å². The first kappa shape index (κ1) is 13.3. The van der Waals surface area contributed by atoms with Gasteiger partial charge in [0.15, 0.2) is 0 Å². The molecule has 16 heavy (non-hydrogen) atoms. The van der Waals surface area contributed by atoms with Crippen LogP contribution in [0.3, 0.4) is 0 Å². The maximum Gasteiger partial charge on any atom is 0.315 e. The lowest BCUT2D eigenvalue weighted by Gasteiger charge is -2.28. The maximum atomic E-state index is 11.6. The molecule has 2 amide bonds. The van der Waals surface area contributed by atoms with Crippen molar-refractivity contribution >= 4 is 6.03 Å². The van der Waals surface area contributed by atoms with Crippen LogP contribution in [-0.4, -0.2) is 29.8 Å². The summed E-state index contributed by atoms with van der Waals surface area (Å²) in [5, 5.41) is 15.1. The summed E-state index contributed by atoms with van der Waals surface area (Å²) in [6.45, 7) is 5.01. The van der Waals surface area contributed by atoms with Gasteiger partial charge in [-0.2, -0.15) is 0 Å². The van der Waals surface area contributed by atoms with E-state index in [0.29, 0.717) is 12.5 Å². The van der Waals surface area contributed by atoms with Crippen molar-refractivity contribution in [3.05, 3.63) is 0 Å². The van der Waals surface area contributed by atoms with E-state index in [1.165, 1.54) is 0 Å². The van der Waals surface area contributed by atoms with Gasteiger partial charge in [-0.3, -0.25) is 0 Å². The van der Waals surface area contributed by atoms with Gasteiger partial charge in [0.25, 0.3) is 0 Å². The standard InChI is InChI=1S/C12H24N2O2/c1-10(2)5-8-13-11(16)14-12(9-15)6-3-4-7-12/h10,15H,3-9H2,1-2H3,(H2,13,14,16). The van der Waals surface area contributed by atoms with Gasteiger partial charge in [-0.1, -0.05) is 26.7 Å². The fraction of sp³-hybridized carbons (Fsp3) is 0.917. The van der Waals surface area contributed by atoms with Crippen molar-refractivity contribution in [2.24, 2.45) is 5.92 Å². The number of amides is 2. The molecule has 0 aromatic heterocycles. The van der Waals surface area contributed by atoms with Gasteiger partial charge in [0, 0.05) is 6.54 Å². The van der Waals surface area contributed by atoms with Crippen LogP contribution < -0.4 is 10.6 Å². The van der Waals surface area contributed by atoms with Gasteiger partial charge in [0.2, 0.25) is 0 Å². The van der Waals surface area contributed by atoms with E-state index < -0.39 is 0 Å². The molecule has 1 aliphatic rings. The van der Waals surface area contributed by atoms with E-state index in [-0.39, 0.29) is 18.2 Å². The SMILES string of the molecule is CC(C)CCNC(=O)NC1(CO)CCCC1. The number of urea groups is 1. The highest BCUT2D eigenvalue weighted by Crippen LogP contribution is 2.28. The second kappa shape index (κ2) is 6.09. The third-order valence-corrected chi connectivity index (χ3v) is 3.25. The van der Waals surface area contributed by atoms with Crippen molar-refractivity contribution in [3.8, 4) is 0 Å². The second-order valence-corrected chi connectivity index (χ2v) is 5.21. The molecule has 0 aromatic rings. The highest BCUT2D eigenvalue weighted by Gasteiger charge is 2.34. The molecule has 1 rings (SSSR count). The molecule has 0 radical (unpaired) electrons. The molecule has 0 unspecified atom stereocenters. The highest BCUT2D eigenvalue weighted by molar-refractivity contribution is 5.74. The van der Waals surface area contributed by atoms with Crippen molar-refractivity contribution in [1.29, 1.82) is 0 Å². The molecular formula is C12H24N2O2. The molecule has 0 spiro atoms. The van der Waals surface area contributed by atoms with Gasteiger partial charge in [-0.25, -0.2) is 4.79 Å². The predicted molar refractivity (Wildman–Crippen MR) is 64.3 cm³/mol. The van der Waals surface area contributed by atoms with Crippen molar-refractivity contribution in [2.45, 2.75) is 51.5 Å². The highest BCUT2D eigenvalue weighted by atomic mass is 16.3. The van der Waals surface area contributed by atoms with Crippen LogP contribution in [-0.2, 0) is 0 Å². The zero-order valence-electron chi connectivity index (χ0n) is 10.4. The summed E-state index contributed by atoms with van der Waals surface area (Å²) >= 11 is 0. The van der Waals surface area contributed by atoms with Crippen molar-refractivity contribution in [2.75, 3.05) is 13.2 Å². The van der Waals surface area contributed by atoms with E-state index in [1.807, 2.05) is 0 Å². The van der Waals surface area contributed by atoms with Crippen LogP contribution in [0.25, 0.3) is 0 Å². The zero-order chi connectivity index (χ0) is 12.0. The number of carbonyl (C=O) groups is 1. The van der Waals surface area contributed by atoms with Crippen LogP contribution in [0.2, 0.25) is 0 Å². The van der Waals surface area contributed by atoms with Crippen LogP contribution in [0.1, 0.15) is 46.0 Å². The Bertz CT molecular complexity index is 223. The Balaban J connectivity index is 2.27. The van der Waals surface area contributed by atoms with Gasteiger partial charge >= 0.3 is 6.03 Å². The number of hydrogen-bond acceptors (Lipinski definition) is 2. The topological polar surface area (TPSA) is 61.4 Å². The first-order valence-electron chi connectivity index (χ1n) is 6.25. The van der Waals surface area contributed by atoms with Crippen LogP contribution in [0, 0.1) is 5.92 Å². The van der Waals surface area contributed by atoms with Crippen molar-refractivity contribution in [1.82, 2.24) is 10.6 Å². The zero-order valence-corrected chi connectivity index (χ0v) is 10.4. The molecule has 0 heterocycles. The molecular weight excluding hydrogens is 204 g/mol. The quantitative estimate of drug-likeness (QED) is 0.670. The number of hydrogen-bond donors (Lipinski definition) is 3. The van der Waals surface area contributed by atoms with Crippen molar-refractivity contribution < 1.29 is 9.90 Å². The summed E-state index contributed by atoms with van der Waals surface area (Å²) in [6, 6.07) is -0.142. The monoisotopic (exact) mass is 228 g/mol. The Morgan fingerprint density at radius 2 is 2.00 bits per heavy atom. The molecule has 0 bridgehead atoms. The molecule has 4 heteroatoms. The summed E-state index contributed by atoms with van der Waals surface area (Å²) < 4.78 is 0. The number of aliphatic hydroxyl groups excluding tert-OH is 1. The summed E-state index contributed by atoms with van der Waals surface area (Å²) in [6.07, 6.45) is 4.95. The summed E-state index contributed by atoms with van der Waals surface area (Å²) in [5.74, 6) is 0.596. The van der Waals surface area contributed by atoms with E-state index in [1.54, 1.807) is 0 Å². The van der Waals surface area contributed by atoms with Gasteiger partial charge < -0.3 is 15.7 Å². The smallest absolute Gasteiger partial charge is 0.315 e. The third kappa shape index (κ3) is 4.00. The fourth-order valence-corrected chi connectivity index (χ4v) is 2.13. The van der Waals surface area contributed by atoms with E-state index in [4.69, 9.17) is 0 Å². The number of carbonyl (C=O) groups excluding carboxylic acids is 1. The minimum absolute atomic E-state index is 0.0462. The molecule has 0 atom stereocenters. The molecule has 0 aromatic carbocycles. The maximum absolute atomic E-state index is 11.6. The Labute approximate surface area is 97.8 Å². The van der Waals surface area contributed by atoms with Gasteiger partial charge in [-0.05, 0) is 25.2 Å². The van der Waals surface area contributed by atoms with Gasteiger partial charge in [-0.15, -0.1) is 0 Å². The lowest BCUT2D eigenvalue weighted by Crippen LogP contribution is -2.53. The summed E-state index contributed by atoms with van der Waals surface area (Å²) in [7, 11) is 0. The lowest BCUT2D eigenvalue weighted by molar-refractivity contribution is 0.163. The molecule has 0 aliphatic heterocycles. The number of aliphatic hydroxyl groups is 1. The lowest BCUT2D eigenvalue weighted by atomic mass is 9.99. The van der Waals surface area contributed by atoms with E-state index in [9.17, 15) is 9.90 Å². The Morgan fingerprint density at radius 3 is 2.50 bits per heavy atom. The Hall–Kier alpha value is -0.770. The first-order chi connectivity index (χ1) is 7.58. The minimum atomic E-state index is -0.359. The Morgan fingerprint density at radius 1 is 1.38 bits per heavy atom. The van der Waals surface area contributed by atoms with E-state index >= 15 is 0 Å². The average Bonchev–Trinajstić information content (AvgIpc) is 2.66. The largest absolute Gasteiger partial charge is 0.394 e. The molecule has 0 saturated heterocycles. The molecule has 1 aliphatic carbocycles. The summed E-state index contributed by atoms with van der Waals surface area (Å²) in [4.78, 5) is 11.6. The normalized spacial score (nSPS) is 18.8. The van der Waals surface area contributed by atoms with E-state index in [2.05, 4.69) is 24.5 Å². The van der Waals surface area contributed by atoms with Crippen LogP contribution in [0.15, 0.2) is 0 Å². The predicted octanol–water partition coefficient (Wildman–Crippen LogP) is 1.64. The van der Waals surface area contributed by atoms with Gasteiger partial charge in [0.05, 0.1) is 12.1 Å². The molecule has 1 saturated carbocycles. The Kier molecular flexibility index (Phi) is 5.06. The second-order valence-electron chi connectivity index (χ2n) is 5.21. The number of rotatable bonds is 5. The summed E-state index contributed by atoms with van der Waals surface area (Å²) in [5.41, 5.74) is -0.359. The fourth-order valence-electron chi connectivity index (χ4n) is 2.13. The minimum Gasteiger partial charge on any atom is -0.394 e. The van der Waals surface area contributed by atoms with Crippen LogP contribution in [0.5, 0.6) is 0 Å². The average molecular weight is 228 g/mol. The molecule has 1 fully saturated rings. The molecule has 94 valence electrons. The first-order valence-corrected chi connectivity index (χ1v) is 6.25. The molecule has 3 N–H and O–H groups in total. The van der Waals surface area contributed by atoms with E-state index in [0.717, 1.165) is 32.1 Å². The van der Waals surface area contributed by atoms with Crippen molar-refractivity contribution in [3.63, 3.8) is 0 Å². The number of nitrogens with one attached hydrogen (secondary N) is 2. The third-order valence-electron chi connectivity index (χ3n) is 3.25. The van der Waals surface area contributed by atoms with Gasteiger partial charge in [0.1, 0.15) is 0 Å².